The first kappa shape index (κ1) is 14.4. The highest BCUT2D eigenvalue weighted by molar-refractivity contribution is 7.20. The van der Waals surface area contributed by atoms with Gasteiger partial charge in [-0.2, -0.15) is 0 Å². The second kappa shape index (κ2) is 5.31. The van der Waals surface area contributed by atoms with Crippen LogP contribution in [0.1, 0.15) is 41.3 Å². The summed E-state index contributed by atoms with van der Waals surface area (Å²) in [4.78, 5) is 21.3. The van der Waals surface area contributed by atoms with Gasteiger partial charge in [0.15, 0.2) is 10.8 Å². The molecule has 2 heterocycles. The molecule has 0 aliphatic rings. The first-order chi connectivity index (χ1) is 9.93. The molecule has 0 aliphatic heterocycles. The molecule has 0 N–H and O–H groups in total. The van der Waals surface area contributed by atoms with Gasteiger partial charge in [-0.25, -0.2) is 9.97 Å². The fourth-order valence-electron chi connectivity index (χ4n) is 1.96. The average Bonchev–Trinajstić information content (AvgIpc) is 3.03. The molecular formula is C16H16N2OS2. The largest absolute Gasteiger partial charge is 0.291 e. The van der Waals surface area contributed by atoms with Crippen LogP contribution >= 0.6 is 22.7 Å². The lowest BCUT2D eigenvalue weighted by atomic mass is 9.98. The van der Waals surface area contributed by atoms with E-state index in [9.17, 15) is 4.79 Å². The number of benzene rings is 1. The van der Waals surface area contributed by atoms with Crippen LogP contribution in [0.4, 0.5) is 0 Å². The van der Waals surface area contributed by atoms with Crippen molar-refractivity contribution >= 4 is 38.7 Å². The maximum Gasteiger partial charge on any atom is 0.197 e. The zero-order valence-electron chi connectivity index (χ0n) is 12.2. The monoisotopic (exact) mass is 316 g/mol. The molecule has 3 nitrogen and oxygen atoms in total. The van der Waals surface area contributed by atoms with E-state index in [0.717, 1.165) is 20.9 Å². The van der Waals surface area contributed by atoms with Crippen molar-refractivity contribution in [2.24, 2.45) is 0 Å². The molecule has 0 radical (unpaired) electrons. The van der Waals surface area contributed by atoms with E-state index in [-0.39, 0.29) is 11.2 Å². The van der Waals surface area contributed by atoms with E-state index in [1.54, 1.807) is 11.3 Å². The summed E-state index contributed by atoms with van der Waals surface area (Å²) in [5, 5.41) is 3.61. The summed E-state index contributed by atoms with van der Waals surface area (Å²) < 4.78 is 1.05. The number of rotatable bonds is 3. The summed E-state index contributed by atoms with van der Waals surface area (Å²) in [6, 6.07) is 7.82. The van der Waals surface area contributed by atoms with Crippen molar-refractivity contribution in [1.29, 1.82) is 0 Å². The summed E-state index contributed by atoms with van der Waals surface area (Å²) in [6.45, 7) is 6.39. The van der Waals surface area contributed by atoms with Crippen molar-refractivity contribution in [3.63, 3.8) is 0 Å². The molecule has 3 rings (SSSR count). The van der Waals surface area contributed by atoms with Crippen LogP contribution in [0.15, 0.2) is 29.6 Å². The van der Waals surface area contributed by atoms with E-state index >= 15 is 0 Å². The van der Waals surface area contributed by atoms with Gasteiger partial charge >= 0.3 is 0 Å². The smallest absolute Gasteiger partial charge is 0.197 e. The van der Waals surface area contributed by atoms with Crippen molar-refractivity contribution in [1.82, 2.24) is 9.97 Å². The minimum Gasteiger partial charge on any atom is -0.291 e. The molecule has 0 unspecified atom stereocenters. The number of fused-ring (bicyclic) bond motifs is 1. The van der Waals surface area contributed by atoms with Crippen LogP contribution in [0.25, 0.3) is 10.2 Å². The number of carbonyl (C=O) groups excluding carboxylic acids is 1. The maximum absolute atomic E-state index is 12.4. The summed E-state index contributed by atoms with van der Waals surface area (Å²) in [6.07, 6.45) is 0.326. The number of hydrogen-bond donors (Lipinski definition) is 0. The minimum absolute atomic E-state index is 0.0296. The predicted octanol–water partition coefficient (Wildman–Crippen LogP) is 4.48. The fraction of sp³-hybridized carbons (Fsp3) is 0.312. The summed E-state index contributed by atoms with van der Waals surface area (Å²) in [5.41, 5.74) is 1.76. The molecule has 21 heavy (non-hydrogen) atoms. The van der Waals surface area contributed by atoms with E-state index in [0.29, 0.717) is 11.4 Å². The Morgan fingerprint density at radius 2 is 1.95 bits per heavy atom. The minimum atomic E-state index is 0.0296. The van der Waals surface area contributed by atoms with Gasteiger partial charge in [-0.05, 0) is 12.1 Å². The topological polar surface area (TPSA) is 42.9 Å². The highest BCUT2D eigenvalue weighted by Gasteiger charge is 2.20. The lowest BCUT2D eigenvalue weighted by molar-refractivity contribution is 0.0992. The van der Waals surface area contributed by atoms with Crippen LogP contribution in [-0.4, -0.2) is 15.8 Å². The van der Waals surface area contributed by atoms with Gasteiger partial charge in [-0.1, -0.05) is 32.9 Å². The Morgan fingerprint density at radius 1 is 1.19 bits per heavy atom. The van der Waals surface area contributed by atoms with Gasteiger partial charge < -0.3 is 0 Å². The number of hydrogen-bond acceptors (Lipinski definition) is 5. The molecule has 3 aromatic rings. The van der Waals surface area contributed by atoms with Crippen LogP contribution in [0.5, 0.6) is 0 Å². The lowest BCUT2D eigenvalue weighted by Gasteiger charge is -2.13. The zero-order valence-corrected chi connectivity index (χ0v) is 13.8. The quantitative estimate of drug-likeness (QED) is 0.669. The molecule has 0 saturated carbocycles. The molecule has 0 atom stereocenters. The van der Waals surface area contributed by atoms with Crippen LogP contribution in [0.2, 0.25) is 0 Å². The lowest BCUT2D eigenvalue weighted by Crippen LogP contribution is -2.11. The van der Waals surface area contributed by atoms with Gasteiger partial charge in [0.1, 0.15) is 0 Å². The van der Waals surface area contributed by atoms with E-state index in [1.165, 1.54) is 11.3 Å². The molecule has 108 valence electrons. The first-order valence-corrected chi connectivity index (χ1v) is 8.47. The van der Waals surface area contributed by atoms with E-state index < -0.39 is 0 Å². The predicted molar refractivity (Wildman–Crippen MR) is 88.5 cm³/mol. The Kier molecular flexibility index (Phi) is 3.63. The third kappa shape index (κ3) is 3.04. The fourth-order valence-corrected chi connectivity index (χ4v) is 3.77. The Labute approximate surface area is 131 Å². The van der Waals surface area contributed by atoms with Gasteiger partial charge in [0, 0.05) is 10.8 Å². The van der Waals surface area contributed by atoms with Gasteiger partial charge in [-0.3, -0.25) is 4.79 Å². The van der Waals surface area contributed by atoms with Crippen molar-refractivity contribution in [3.05, 3.63) is 45.4 Å². The molecule has 0 bridgehead atoms. The first-order valence-electron chi connectivity index (χ1n) is 6.77. The molecule has 0 saturated heterocycles. The standard InChI is InChI=1S/C16H16N2OS2/c1-16(2,3)15-17-10(9-20-15)8-12(19)14-18-11-6-4-5-7-13(11)21-14/h4-7,9H,8H2,1-3H3. The van der Waals surface area contributed by atoms with Gasteiger partial charge in [0.25, 0.3) is 0 Å². The maximum atomic E-state index is 12.4. The zero-order chi connectivity index (χ0) is 15.0. The molecule has 1 aromatic carbocycles. The third-order valence-electron chi connectivity index (χ3n) is 3.07. The molecule has 5 heteroatoms. The van der Waals surface area contributed by atoms with Crippen LogP contribution in [0.3, 0.4) is 0 Å². The van der Waals surface area contributed by atoms with E-state index in [4.69, 9.17) is 0 Å². The Bertz CT molecular complexity index is 763. The number of nitrogens with zero attached hydrogens (tertiary/aromatic N) is 2. The Balaban J connectivity index is 1.81. The van der Waals surface area contributed by atoms with Gasteiger partial charge in [-0.15, -0.1) is 22.7 Å². The highest BCUT2D eigenvalue weighted by atomic mass is 32.1. The van der Waals surface area contributed by atoms with Crippen LogP contribution in [-0.2, 0) is 11.8 Å². The summed E-state index contributed by atoms with van der Waals surface area (Å²) >= 11 is 3.07. The molecule has 0 amide bonds. The number of thiazole rings is 2. The van der Waals surface area contributed by atoms with Crippen molar-refractivity contribution in [3.8, 4) is 0 Å². The van der Waals surface area contributed by atoms with Gasteiger partial charge in [0.2, 0.25) is 0 Å². The number of ketones is 1. The SMILES string of the molecule is CC(C)(C)c1nc(CC(=O)c2nc3ccccc3s2)cs1. The summed E-state index contributed by atoms with van der Waals surface area (Å²) in [7, 11) is 0. The summed E-state index contributed by atoms with van der Waals surface area (Å²) in [5.74, 6) is 0.0435. The molecule has 2 aromatic heterocycles. The van der Waals surface area contributed by atoms with Crippen molar-refractivity contribution in [2.75, 3.05) is 0 Å². The third-order valence-corrected chi connectivity index (χ3v) is 5.46. The van der Waals surface area contributed by atoms with E-state index in [1.807, 2.05) is 29.6 Å². The highest BCUT2D eigenvalue weighted by Crippen LogP contribution is 2.27. The van der Waals surface area contributed by atoms with Gasteiger partial charge in [0.05, 0.1) is 27.3 Å². The average molecular weight is 316 g/mol. The van der Waals surface area contributed by atoms with Crippen LogP contribution < -0.4 is 0 Å². The number of Topliss-reactive ketones (excluding diaryl/α,β-unsaturated/α-hetero) is 1. The number of carbonyl (C=O) groups is 1. The van der Waals surface area contributed by atoms with E-state index in [2.05, 4.69) is 30.7 Å². The second-order valence-electron chi connectivity index (χ2n) is 5.98. The molecular weight excluding hydrogens is 300 g/mol. The second-order valence-corrected chi connectivity index (χ2v) is 7.87. The number of para-hydroxylation sites is 1. The number of aromatic nitrogens is 2. The van der Waals surface area contributed by atoms with Crippen LogP contribution in [0, 0.1) is 0 Å². The Hall–Kier alpha value is -1.59. The molecule has 0 aliphatic carbocycles. The Morgan fingerprint density at radius 3 is 2.62 bits per heavy atom. The van der Waals surface area contributed by atoms with Crippen molar-refractivity contribution in [2.45, 2.75) is 32.6 Å². The normalized spacial score (nSPS) is 12.0. The molecule has 0 spiro atoms. The van der Waals surface area contributed by atoms with Crippen molar-refractivity contribution < 1.29 is 4.79 Å². The molecule has 0 fully saturated rings.